The van der Waals surface area contributed by atoms with Gasteiger partial charge in [-0.3, -0.25) is 4.79 Å². The van der Waals surface area contributed by atoms with E-state index in [1.54, 1.807) is 6.20 Å². The van der Waals surface area contributed by atoms with Gasteiger partial charge in [-0.05, 0) is 50.1 Å². The Bertz CT molecular complexity index is 900. The van der Waals surface area contributed by atoms with Crippen molar-refractivity contribution in [2.24, 2.45) is 0 Å². The van der Waals surface area contributed by atoms with Crippen molar-refractivity contribution < 1.29 is 9.53 Å². The lowest BCUT2D eigenvalue weighted by Gasteiger charge is -2.16. The fourth-order valence-corrected chi connectivity index (χ4v) is 2.81. The van der Waals surface area contributed by atoms with Crippen LogP contribution in [0, 0.1) is 13.8 Å². The minimum absolute atomic E-state index is 0.0922. The Morgan fingerprint density at radius 3 is 2.56 bits per heavy atom. The third-order valence-corrected chi connectivity index (χ3v) is 4.45. The molecule has 1 atom stereocenters. The van der Waals surface area contributed by atoms with Gasteiger partial charge in [0.1, 0.15) is 18.2 Å². The Morgan fingerprint density at radius 2 is 1.89 bits per heavy atom. The second-order valence-corrected chi connectivity index (χ2v) is 6.75. The Labute approximate surface area is 160 Å². The molecule has 0 fully saturated rings. The molecule has 5 heteroatoms. The lowest BCUT2D eigenvalue weighted by Crippen LogP contribution is -2.36. The number of amides is 1. The lowest BCUT2D eigenvalue weighted by atomic mass is 10.1. The number of rotatable bonds is 7. The Balaban J connectivity index is 1.53. The minimum atomic E-state index is -0.0961. The largest absolute Gasteiger partial charge is 0.491 e. The van der Waals surface area contributed by atoms with E-state index in [0.717, 1.165) is 29.2 Å². The van der Waals surface area contributed by atoms with Gasteiger partial charge in [0.05, 0.1) is 6.04 Å². The van der Waals surface area contributed by atoms with Crippen LogP contribution in [-0.4, -0.2) is 28.1 Å². The van der Waals surface area contributed by atoms with Crippen molar-refractivity contribution in [2.45, 2.75) is 33.4 Å². The fraction of sp³-hybridized carbons (Fsp3) is 0.273. The van der Waals surface area contributed by atoms with Gasteiger partial charge in [-0.15, -0.1) is 0 Å². The second kappa shape index (κ2) is 8.54. The number of hydrogen-bond donors (Lipinski definition) is 1. The van der Waals surface area contributed by atoms with E-state index >= 15 is 0 Å². The molecule has 1 aromatic heterocycles. The van der Waals surface area contributed by atoms with Gasteiger partial charge < -0.3 is 14.6 Å². The molecule has 0 saturated carbocycles. The van der Waals surface area contributed by atoms with Crippen molar-refractivity contribution in [3.8, 4) is 5.75 Å². The molecule has 3 aromatic rings. The number of nitrogens with zero attached hydrogens (tertiary/aromatic N) is 2. The van der Waals surface area contributed by atoms with Crippen LogP contribution in [-0.2, 0) is 6.54 Å². The highest BCUT2D eigenvalue weighted by Gasteiger charge is 2.11. The maximum atomic E-state index is 12.4. The van der Waals surface area contributed by atoms with Gasteiger partial charge in [-0.25, -0.2) is 4.98 Å². The number of benzene rings is 2. The number of aromatic nitrogens is 2. The van der Waals surface area contributed by atoms with Crippen molar-refractivity contribution in [1.82, 2.24) is 14.9 Å². The smallest absolute Gasteiger partial charge is 0.251 e. The first kappa shape index (κ1) is 18.7. The van der Waals surface area contributed by atoms with Gasteiger partial charge in [0.15, 0.2) is 0 Å². The van der Waals surface area contributed by atoms with Crippen LogP contribution in [0.2, 0.25) is 0 Å². The summed E-state index contributed by atoms with van der Waals surface area (Å²) in [5.41, 5.74) is 2.85. The summed E-state index contributed by atoms with van der Waals surface area (Å²) in [6.07, 6.45) is 3.74. The first-order chi connectivity index (χ1) is 13.0. The van der Waals surface area contributed by atoms with E-state index in [0.29, 0.717) is 12.2 Å². The van der Waals surface area contributed by atoms with Crippen LogP contribution < -0.4 is 10.1 Å². The summed E-state index contributed by atoms with van der Waals surface area (Å²) in [5, 5.41) is 2.98. The third-order valence-electron chi connectivity index (χ3n) is 4.45. The second-order valence-electron chi connectivity index (χ2n) is 6.75. The topological polar surface area (TPSA) is 56.1 Å². The number of carbonyl (C=O) groups is 1. The molecule has 0 spiro atoms. The van der Waals surface area contributed by atoms with E-state index in [2.05, 4.69) is 14.9 Å². The molecule has 1 heterocycles. The molecule has 0 radical (unpaired) electrons. The molecule has 0 bridgehead atoms. The first-order valence-electron chi connectivity index (χ1n) is 9.09. The normalized spacial score (nSPS) is 11.8. The molecule has 1 N–H and O–H groups in total. The summed E-state index contributed by atoms with van der Waals surface area (Å²) in [6, 6.07) is 15.4. The van der Waals surface area contributed by atoms with Crippen LogP contribution in [0.15, 0.2) is 60.9 Å². The SMILES string of the molecule is Cc1ccccc1OC[C@@H](C)NC(=O)c1ccc(Cn2ccnc2C)cc1. The zero-order chi connectivity index (χ0) is 19.2. The number of ether oxygens (including phenoxy) is 1. The van der Waals surface area contributed by atoms with Gasteiger partial charge in [0, 0.05) is 24.5 Å². The minimum Gasteiger partial charge on any atom is -0.491 e. The van der Waals surface area contributed by atoms with Gasteiger partial charge >= 0.3 is 0 Å². The first-order valence-corrected chi connectivity index (χ1v) is 9.09. The molecule has 3 rings (SSSR count). The van der Waals surface area contributed by atoms with Crippen molar-refractivity contribution in [3.05, 3.63) is 83.4 Å². The highest BCUT2D eigenvalue weighted by Crippen LogP contribution is 2.16. The molecule has 2 aromatic carbocycles. The van der Waals surface area contributed by atoms with Crippen LogP contribution in [0.3, 0.4) is 0 Å². The van der Waals surface area contributed by atoms with Crippen LogP contribution in [0.5, 0.6) is 5.75 Å². The molecule has 0 aliphatic carbocycles. The molecule has 140 valence electrons. The average Bonchev–Trinajstić information content (AvgIpc) is 3.06. The fourth-order valence-electron chi connectivity index (χ4n) is 2.81. The molecule has 0 unspecified atom stereocenters. The van der Waals surface area contributed by atoms with Crippen molar-refractivity contribution in [1.29, 1.82) is 0 Å². The summed E-state index contributed by atoms with van der Waals surface area (Å²) in [5.74, 6) is 1.72. The van der Waals surface area contributed by atoms with Gasteiger partial charge in [0.2, 0.25) is 0 Å². The zero-order valence-electron chi connectivity index (χ0n) is 16.0. The number of nitrogens with one attached hydrogen (secondary N) is 1. The van der Waals surface area contributed by atoms with Crippen LogP contribution in [0.25, 0.3) is 0 Å². The average molecular weight is 363 g/mol. The Morgan fingerprint density at radius 1 is 1.15 bits per heavy atom. The number of imidazole rings is 1. The Hall–Kier alpha value is -3.08. The van der Waals surface area contributed by atoms with Crippen LogP contribution in [0.4, 0.5) is 0 Å². The van der Waals surface area contributed by atoms with E-state index in [4.69, 9.17) is 4.74 Å². The zero-order valence-corrected chi connectivity index (χ0v) is 16.0. The highest BCUT2D eigenvalue weighted by atomic mass is 16.5. The molecular weight excluding hydrogens is 338 g/mol. The molecular formula is C22H25N3O2. The monoisotopic (exact) mass is 363 g/mol. The predicted molar refractivity (Wildman–Crippen MR) is 106 cm³/mol. The summed E-state index contributed by atoms with van der Waals surface area (Å²) >= 11 is 0. The van der Waals surface area contributed by atoms with E-state index in [1.165, 1.54) is 0 Å². The maximum absolute atomic E-state index is 12.4. The van der Waals surface area contributed by atoms with E-state index in [-0.39, 0.29) is 11.9 Å². The van der Waals surface area contributed by atoms with Gasteiger partial charge in [-0.1, -0.05) is 30.3 Å². The molecule has 0 aliphatic heterocycles. The lowest BCUT2D eigenvalue weighted by molar-refractivity contribution is 0.0926. The summed E-state index contributed by atoms with van der Waals surface area (Å²) in [4.78, 5) is 16.7. The van der Waals surface area contributed by atoms with Crippen LogP contribution >= 0.6 is 0 Å². The number of carbonyl (C=O) groups excluding carboxylic acids is 1. The Kier molecular flexibility index (Phi) is 5.91. The summed E-state index contributed by atoms with van der Waals surface area (Å²) in [7, 11) is 0. The highest BCUT2D eigenvalue weighted by molar-refractivity contribution is 5.94. The molecule has 5 nitrogen and oxygen atoms in total. The quantitative estimate of drug-likeness (QED) is 0.696. The summed E-state index contributed by atoms with van der Waals surface area (Å²) < 4.78 is 7.87. The molecule has 27 heavy (non-hydrogen) atoms. The number of hydrogen-bond acceptors (Lipinski definition) is 3. The van der Waals surface area contributed by atoms with E-state index in [9.17, 15) is 4.79 Å². The van der Waals surface area contributed by atoms with E-state index < -0.39 is 0 Å². The van der Waals surface area contributed by atoms with Crippen molar-refractivity contribution in [3.63, 3.8) is 0 Å². The molecule has 1 amide bonds. The van der Waals surface area contributed by atoms with E-state index in [1.807, 2.05) is 75.5 Å². The summed E-state index contributed by atoms with van der Waals surface area (Å²) in [6.45, 7) is 7.09. The number of aryl methyl sites for hydroxylation is 2. The van der Waals surface area contributed by atoms with Gasteiger partial charge in [-0.2, -0.15) is 0 Å². The third kappa shape index (κ3) is 4.97. The maximum Gasteiger partial charge on any atom is 0.251 e. The molecule has 0 aliphatic rings. The molecule has 0 saturated heterocycles. The van der Waals surface area contributed by atoms with Crippen molar-refractivity contribution >= 4 is 5.91 Å². The van der Waals surface area contributed by atoms with Gasteiger partial charge in [0.25, 0.3) is 5.91 Å². The van der Waals surface area contributed by atoms with Crippen LogP contribution in [0.1, 0.15) is 34.2 Å². The number of para-hydroxylation sites is 1. The standard InChI is InChI=1S/C22H25N3O2/c1-16-6-4-5-7-21(16)27-15-17(2)24-22(26)20-10-8-19(9-11-20)14-25-13-12-23-18(25)3/h4-13,17H,14-15H2,1-3H3,(H,24,26)/t17-/m1/s1. The predicted octanol–water partition coefficient (Wildman–Crippen LogP) is 3.75. The van der Waals surface area contributed by atoms with Crippen molar-refractivity contribution in [2.75, 3.05) is 6.61 Å².